The van der Waals surface area contributed by atoms with Gasteiger partial charge in [-0.25, -0.2) is 0 Å². The van der Waals surface area contributed by atoms with Crippen molar-refractivity contribution in [2.24, 2.45) is 0 Å². The molecule has 0 aliphatic carbocycles. The summed E-state index contributed by atoms with van der Waals surface area (Å²) in [5, 5.41) is 6.00. The Labute approximate surface area is 199 Å². The van der Waals surface area contributed by atoms with Crippen LogP contribution in [0.15, 0.2) is 76.9 Å². The molecular weight excluding hydrogens is 496 g/mol. The molecule has 0 fully saturated rings. The molecule has 2 N–H and O–H groups in total. The first kappa shape index (κ1) is 23.4. The number of carbonyl (C=O) groups is 2. The van der Waals surface area contributed by atoms with E-state index < -0.39 is 11.8 Å². The van der Waals surface area contributed by atoms with Gasteiger partial charge in [0, 0.05) is 15.1 Å². The Balaban J connectivity index is 1.95. The van der Waals surface area contributed by atoms with Gasteiger partial charge in [0.15, 0.2) is 11.5 Å². The number of para-hydroxylation sites is 1. The topological polar surface area (TPSA) is 76.7 Å². The van der Waals surface area contributed by atoms with Crippen molar-refractivity contribution in [1.29, 1.82) is 0 Å². The Kier molecular flexibility index (Phi) is 7.92. The molecule has 0 saturated carbocycles. The number of hydrogen-bond acceptors (Lipinski definition) is 4. The second-order valence-electron chi connectivity index (χ2n) is 6.57. The number of methoxy groups -OCH3 is 2. The number of rotatable bonds is 7. The van der Waals surface area contributed by atoms with Gasteiger partial charge < -0.3 is 20.1 Å². The lowest BCUT2D eigenvalue weighted by atomic mass is 10.1. The summed E-state index contributed by atoms with van der Waals surface area (Å²) in [6.07, 6.45) is 1.56. The van der Waals surface area contributed by atoms with Crippen molar-refractivity contribution in [1.82, 2.24) is 5.32 Å². The predicted molar refractivity (Wildman–Crippen MR) is 129 cm³/mol. The van der Waals surface area contributed by atoms with Crippen molar-refractivity contribution in [3.8, 4) is 11.5 Å². The molecule has 3 aromatic rings. The first-order valence-corrected chi connectivity index (χ1v) is 10.6. The maximum atomic E-state index is 13.1. The molecule has 0 radical (unpaired) electrons. The quantitative estimate of drug-likeness (QED) is 0.406. The summed E-state index contributed by atoms with van der Waals surface area (Å²) in [4.78, 5) is 25.9. The third kappa shape index (κ3) is 5.90. The molecule has 0 heterocycles. The van der Waals surface area contributed by atoms with Crippen molar-refractivity contribution in [2.45, 2.75) is 0 Å². The van der Waals surface area contributed by atoms with Gasteiger partial charge in [-0.2, -0.15) is 0 Å². The third-order valence-electron chi connectivity index (χ3n) is 4.44. The van der Waals surface area contributed by atoms with Gasteiger partial charge in [0.1, 0.15) is 5.70 Å². The molecular formula is C24H20BrClN2O4. The molecule has 0 aliphatic heterocycles. The van der Waals surface area contributed by atoms with E-state index in [2.05, 4.69) is 26.6 Å². The largest absolute Gasteiger partial charge is 0.493 e. The molecule has 32 heavy (non-hydrogen) atoms. The molecule has 3 aromatic carbocycles. The molecule has 164 valence electrons. The number of hydrogen-bond donors (Lipinski definition) is 2. The number of carbonyl (C=O) groups excluding carboxylic acids is 2. The van der Waals surface area contributed by atoms with Crippen LogP contribution in [0, 0.1) is 0 Å². The van der Waals surface area contributed by atoms with Gasteiger partial charge in [0.25, 0.3) is 11.8 Å². The van der Waals surface area contributed by atoms with Gasteiger partial charge in [-0.05, 0) is 76.1 Å². The Morgan fingerprint density at radius 3 is 2.28 bits per heavy atom. The van der Waals surface area contributed by atoms with Crippen LogP contribution in [0.2, 0.25) is 5.02 Å². The van der Waals surface area contributed by atoms with Gasteiger partial charge in [0.05, 0.1) is 19.9 Å². The molecule has 0 atom stereocenters. The molecule has 8 heteroatoms. The Morgan fingerprint density at radius 2 is 1.62 bits per heavy atom. The minimum atomic E-state index is -0.492. The van der Waals surface area contributed by atoms with Crippen LogP contribution in [-0.2, 0) is 4.79 Å². The Hall–Kier alpha value is -3.29. The molecule has 6 nitrogen and oxygen atoms in total. The zero-order valence-corrected chi connectivity index (χ0v) is 19.7. The van der Waals surface area contributed by atoms with Gasteiger partial charge in [-0.15, -0.1) is 0 Å². The minimum absolute atomic E-state index is 0.0490. The van der Waals surface area contributed by atoms with E-state index in [1.54, 1.807) is 66.7 Å². The van der Waals surface area contributed by atoms with E-state index in [1.807, 2.05) is 6.07 Å². The molecule has 0 aliphatic rings. The summed E-state index contributed by atoms with van der Waals surface area (Å²) >= 11 is 9.31. The zero-order chi connectivity index (χ0) is 23.1. The summed E-state index contributed by atoms with van der Waals surface area (Å²) in [5.41, 5.74) is 1.61. The van der Waals surface area contributed by atoms with Crippen molar-refractivity contribution >= 4 is 51.1 Å². The number of amides is 2. The third-order valence-corrected chi connectivity index (χ3v) is 5.38. The lowest BCUT2D eigenvalue weighted by Crippen LogP contribution is -2.30. The maximum absolute atomic E-state index is 13.1. The Morgan fingerprint density at radius 1 is 0.938 bits per heavy atom. The van der Waals surface area contributed by atoms with Crippen LogP contribution < -0.4 is 20.1 Å². The van der Waals surface area contributed by atoms with Crippen LogP contribution in [-0.4, -0.2) is 26.0 Å². The summed E-state index contributed by atoms with van der Waals surface area (Å²) in [6.45, 7) is 0. The van der Waals surface area contributed by atoms with Crippen molar-refractivity contribution in [2.75, 3.05) is 19.5 Å². The van der Waals surface area contributed by atoms with Crippen LogP contribution in [0.5, 0.6) is 11.5 Å². The highest BCUT2D eigenvalue weighted by atomic mass is 79.9. The Bertz CT molecular complexity index is 1160. The van der Waals surface area contributed by atoms with Crippen LogP contribution in [0.4, 0.5) is 5.69 Å². The fourth-order valence-corrected chi connectivity index (χ4v) is 3.33. The highest BCUT2D eigenvalue weighted by Crippen LogP contribution is 2.28. The predicted octanol–water partition coefficient (Wildman–Crippen LogP) is 5.53. The van der Waals surface area contributed by atoms with E-state index >= 15 is 0 Å². The van der Waals surface area contributed by atoms with E-state index in [9.17, 15) is 9.59 Å². The standard InChI is InChI=1S/C24H20BrClN2O4/c1-31-21-12-7-15(14-22(21)32-2)13-20(24(30)27-19-6-4-3-5-18(19)25)28-23(29)16-8-10-17(26)11-9-16/h3-14H,1-2H3,(H,27,30)(H,28,29). The smallest absolute Gasteiger partial charge is 0.272 e. The highest BCUT2D eigenvalue weighted by molar-refractivity contribution is 9.10. The van der Waals surface area contributed by atoms with Crippen LogP contribution >= 0.6 is 27.5 Å². The monoisotopic (exact) mass is 514 g/mol. The lowest BCUT2D eigenvalue weighted by molar-refractivity contribution is -0.113. The number of anilines is 1. The number of halogens is 2. The van der Waals surface area contributed by atoms with Crippen molar-refractivity contribution in [3.63, 3.8) is 0 Å². The number of benzene rings is 3. The maximum Gasteiger partial charge on any atom is 0.272 e. The van der Waals surface area contributed by atoms with E-state index in [4.69, 9.17) is 21.1 Å². The normalized spacial score (nSPS) is 10.9. The zero-order valence-electron chi connectivity index (χ0n) is 17.3. The fourth-order valence-electron chi connectivity index (χ4n) is 2.82. The average molecular weight is 516 g/mol. The van der Waals surface area contributed by atoms with E-state index in [0.717, 1.165) is 0 Å². The molecule has 0 bridgehead atoms. The second kappa shape index (κ2) is 10.8. The molecule has 2 amide bonds. The van der Waals surface area contributed by atoms with E-state index in [-0.39, 0.29) is 5.70 Å². The molecule has 0 spiro atoms. The lowest BCUT2D eigenvalue weighted by Gasteiger charge is -2.13. The summed E-state index contributed by atoms with van der Waals surface area (Å²) in [7, 11) is 3.06. The van der Waals surface area contributed by atoms with Crippen molar-refractivity contribution in [3.05, 3.63) is 93.0 Å². The van der Waals surface area contributed by atoms with E-state index in [0.29, 0.717) is 37.8 Å². The molecule has 0 unspecified atom stereocenters. The van der Waals surface area contributed by atoms with Gasteiger partial charge in [-0.1, -0.05) is 29.8 Å². The van der Waals surface area contributed by atoms with Crippen LogP contribution in [0.25, 0.3) is 6.08 Å². The van der Waals surface area contributed by atoms with Crippen LogP contribution in [0.3, 0.4) is 0 Å². The van der Waals surface area contributed by atoms with E-state index in [1.165, 1.54) is 14.2 Å². The molecule has 0 saturated heterocycles. The number of ether oxygens (including phenoxy) is 2. The van der Waals surface area contributed by atoms with Crippen LogP contribution in [0.1, 0.15) is 15.9 Å². The highest BCUT2D eigenvalue weighted by Gasteiger charge is 2.16. The summed E-state index contributed by atoms with van der Waals surface area (Å²) < 4.78 is 11.3. The van der Waals surface area contributed by atoms with Gasteiger partial charge in [-0.3, -0.25) is 9.59 Å². The second-order valence-corrected chi connectivity index (χ2v) is 7.86. The molecule has 3 rings (SSSR count). The summed E-state index contributed by atoms with van der Waals surface area (Å²) in [6, 6.07) is 18.7. The minimum Gasteiger partial charge on any atom is -0.493 e. The van der Waals surface area contributed by atoms with Gasteiger partial charge in [0.2, 0.25) is 0 Å². The summed E-state index contributed by atoms with van der Waals surface area (Å²) in [5.74, 6) is 0.106. The molecule has 0 aromatic heterocycles. The van der Waals surface area contributed by atoms with Crippen molar-refractivity contribution < 1.29 is 19.1 Å². The fraction of sp³-hybridized carbons (Fsp3) is 0.0833. The first-order valence-electron chi connectivity index (χ1n) is 9.48. The first-order chi connectivity index (χ1) is 15.4. The number of nitrogens with one attached hydrogen (secondary N) is 2. The SMILES string of the molecule is COc1ccc(C=C(NC(=O)c2ccc(Cl)cc2)C(=O)Nc2ccccc2Br)cc1OC. The average Bonchev–Trinajstić information content (AvgIpc) is 2.80. The van der Waals surface area contributed by atoms with Gasteiger partial charge >= 0.3 is 0 Å².